The molecular formula is C11H31NO. The zero-order chi connectivity index (χ0) is 11.9. The lowest BCUT2D eigenvalue weighted by Crippen LogP contribution is -2.32. The Balaban J connectivity index is -0.0000000573. The van der Waals surface area contributed by atoms with Gasteiger partial charge in [0.2, 0.25) is 0 Å². The third-order valence-corrected chi connectivity index (χ3v) is 0.756. The summed E-state index contributed by atoms with van der Waals surface area (Å²) >= 11 is 0. The molecule has 86 valence electrons. The largest absolute Gasteiger partial charge is 0.396 e. The third kappa shape index (κ3) is 76.3. The third-order valence-electron chi connectivity index (χ3n) is 0.756. The highest BCUT2D eigenvalue weighted by Gasteiger charge is 2.07. The van der Waals surface area contributed by atoms with E-state index in [9.17, 15) is 0 Å². The van der Waals surface area contributed by atoms with Crippen molar-refractivity contribution >= 4 is 0 Å². The summed E-state index contributed by atoms with van der Waals surface area (Å²) in [5.41, 5.74) is 5.29. The van der Waals surface area contributed by atoms with Gasteiger partial charge in [-0.1, -0.05) is 41.5 Å². The SMILES string of the molecule is CC.CC.CC.CC(C)(N)CCO. The Morgan fingerprint density at radius 2 is 1.15 bits per heavy atom. The molecule has 0 atom stereocenters. The smallest absolute Gasteiger partial charge is 0.0448 e. The van der Waals surface area contributed by atoms with Crippen molar-refractivity contribution in [3.63, 3.8) is 0 Å². The van der Waals surface area contributed by atoms with Gasteiger partial charge in [-0.3, -0.25) is 0 Å². The standard InChI is InChI=1S/C5H13NO.3C2H6/c1-5(2,6)3-4-7;3*1-2/h7H,3-4,6H2,1-2H3;3*1-2H3. The first kappa shape index (κ1) is 23.1. The van der Waals surface area contributed by atoms with Gasteiger partial charge < -0.3 is 10.8 Å². The van der Waals surface area contributed by atoms with Crippen LogP contribution in [0.4, 0.5) is 0 Å². The second kappa shape index (κ2) is 22.7. The predicted octanol–water partition coefficient (Wildman–Crippen LogP) is 3.18. The van der Waals surface area contributed by atoms with Crippen LogP contribution in [0.2, 0.25) is 0 Å². The zero-order valence-corrected chi connectivity index (χ0v) is 10.9. The first-order valence-corrected chi connectivity index (χ1v) is 5.46. The fraction of sp³-hybridized carbons (Fsp3) is 1.00. The van der Waals surface area contributed by atoms with Gasteiger partial charge in [-0.25, -0.2) is 0 Å². The Hall–Kier alpha value is -0.0800. The van der Waals surface area contributed by atoms with Crippen LogP contribution in [0, 0.1) is 0 Å². The molecule has 0 aromatic carbocycles. The summed E-state index contributed by atoms with van der Waals surface area (Å²) in [6.45, 7) is 16.0. The molecule has 0 aromatic rings. The van der Waals surface area contributed by atoms with Crippen molar-refractivity contribution < 1.29 is 5.11 Å². The second-order valence-electron chi connectivity index (χ2n) is 2.46. The Labute approximate surface area is 85.5 Å². The number of hydrogen-bond donors (Lipinski definition) is 2. The van der Waals surface area contributed by atoms with E-state index in [0.29, 0.717) is 6.42 Å². The Bertz CT molecular complexity index is 48.5. The molecule has 0 spiro atoms. The van der Waals surface area contributed by atoms with E-state index in [2.05, 4.69) is 0 Å². The lowest BCUT2D eigenvalue weighted by molar-refractivity contribution is 0.254. The van der Waals surface area contributed by atoms with E-state index in [1.165, 1.54) is 0 Å². The van der Waals surface area contributed by atoms with Gasteiger partial charge in [-0.05, 0) is 20.3 Å². The van der Waals surface area contributed by atoms with Crippen LogP contribution < -0.4 is 5.73 Å². The van der Waals surface area contributed by atoms with Gasteiger partial charge >= 0.3 is 0 Å². The van der Waals surface area contributed by atoms with Gasteiger partial charge in [0.05, 0.1) is 0 Å². The molecule has 0 rings (SSSR count). The molecule has 0 heterocycles. The van der Waals surface area contributed by atoms with Gasteiger partial charge in [0.15, 0.2) is 0 Å². The summed E-state index contributed by atoms with van der Waals surface area (Å²) in [7, 11) is 0. The quantitative estimate of drug-likeness (QED) is 0.707. The summed E-state index contributed by atoms with van der Waals surface area (Å²) in [5, 5.41) is 8.32. The molecule has 0 aliphatic carbocycles. The highest BCUT2D eigenvalue weighted by Crippen LogP contribution is 1.99. The maximum Gasteiger partial charge on any atom is 0.0448 e. The number of aliphatic hydroxyl groups excluding tert-OH is 1. The lowest BCUT2D eigenvalue weighted by atomic mass is 10.0. The van der Waals surface area contributed by atoms with Crippen LogP contribution in [0.25, 0.3) is 0 Å². The lowest BCUT2D eigenvalue weighted by Gasteiger charge is -2.15. The molecule has 2 nitrogen and oxygen atoms in total. The summed E-state index contributed by atoms with van der Waals surface area (Å²) in [5.74, 6) is 0. The molecule has 13 heavy (non-hydrogen) atoms. The summed E-state index contributed by atoms with van der Waals surface area (Å²) in [6.07, 6.45) is 0.674. The molecule has 0 fully saturated rings. The average molecular weight is 193 g/mol. The molecule has 0 radical (unpaired) electrons. The molecular weight excluding hydrogens is 162 g/mol. The maximum absolute atomic E-state index is 8.32. The fourth-order valence-electron chi connectivity index (χ4n) is 0.288. The number of rotatable bonds is 2. The van der Waals surface area contributed by atoms with Crippen LogP contribution in [-0.2, 0) is 0 Å². The van der Waals surface area contributed by atoms with Crippen LogP contribution in [-0.4, -0.2) is 17.3 Å². The van der Waals surface area contributed by atoms with Crippen LogP contribution >= 0.6 is 0 Å². The number of nitrogens with two attached hydrogens (primary N) is 1. The van der Waals surface area contributed by atoms with Gasteiger partial charge in [-0.2, -0.15) is 0 Å². The number of aliphatic hydroxyl groups is 1. The minimum absolute atomic E-state index is 0.184. The van der Waals surface area contributed by atoms with E-state index in [4.69, 9.17) is 10.8 Å². The topological polar surface area (TPSA) is 46.2 Å². The Kier molecular flexibility index (Phi) is 40.2. The molecule has 0 aliphatic rings. The highest BCUT2D eigenvalue weighted by molar-refractivity contribution is 4.69. The zero-order valence-electron chi connectivity index (χ0n) is 10.9. The highest BCUT2D eigenvalue weighted by atomic mass is 16.3. The van der Waals surface area contributed by atoms with Crippen LogP contribution in [0.3, 0.4) is 0 Å². The Morgan fingerprint density at radius 3 is 1.15 bits per heavy atom. The average Bonchev–Trinajstić information content (AvgIpc) is 2.13. The number of hydrogen-bond acceptors (Lipinski definition) is 2. The van der Waals surface area contributed by atoms with E-state index in [-0.39, 0.29) is 12.1 Å². The van der Waals surface area contributed by atoms with Crippen molar-refractivity contribution in [2.24, 2.45) is 5.73 Å². The molecule has 0 unspecified atom stereocenters. The van der Waals surface area contributed by atoms with E-state index in [1.807, 2.05) is 55.4 Å². The van der Waals surface area contributed by atoms with Crippen molar-refractivity contribution in [1.29, 1.82) is 0 Å². The molecule has 0 aromatic heterocycles. The minimum Gasteiger partial charge on any atom is -0.396 e. The normalized spacial score (nSPS) is 7.85. The molecule has 0 aliphatic heterocycles. The molecule has 0 amide bonds. The molecule has 0 saturated carbocycles. The van der Waals surface area contributed by atoms with E-state index in [0.717, 1.165) is 0 Å². The predicted molar refractivity (Wildman–Crippen MR) is 64.0 cm³/mol. The van der Waals surface area contributed by atoms with E-state index in [1.54, 1.807) is 0 Å². The van der Waals surface area contributed by atoms with Gasteiger partial charge in [0, 0.05) is 12.1 Å². The summed E-state index contributed by atoms with van der Waals surface area (Å²) in [4.78, 5) is 0. The summed E-state index contributed by atoms with van der Waals surface area (Å²) in [6, 6.07) is 0. The fourth-order valence-corrected chi connectivity index (χ4v) is 0.288. The first-order valence-electron chi connectivity index (χ1n) is 5.46. The van der Waals surface area contributed by atoms with Gasteiger partial charge in [0.25, 0.3) is 0 Å². The van der Waals surface area contributed by atoms with Crippen molar-refractivity contribution in [3.8, 4) is 0 Å². The Morgan fingerprint density at radius 1 is 0.923 bits per heavy atom. The first-order chi connectivity index (χ1) is 6.06. The minimum atomic E-state index is -0.200. The van der Waals surface area contributed by atoms with Crippen molar-refractivity contribution in [2.75, 3.05) is 6.61 Å². The molecule has 0 bridgehead atoms. The van der Waals surface area contributed by atoms with Crippen molar-refractivity contribution in [2.45, 2.75) is 67.3 Å². The van der Waals surface area contributed by atoms with Crippen molar-refractivity contribution in [1.82, 2.24) is 0 Å². The maximum atomic E-state index is 8.32. The van der Waals surface area contributed by atoms with Crippen LogP contribution in [0.15, 0.2) is 0 Å². The van der Waals surface area contributed by atoms with Gasteiger partial charge in [0.1, 0.15) is 0 Å². The molecule has 3 N–H and O–H groups in total. The second-order valence-corrected chi connectivity index (χ2v) is 2.46. The molecule has 2 heteroatoms. The van der Waals surface area contributed by atoms with E-state index < -0.39 is 0 Å². The van der Waals surface area contributed by atoms with Crippen LogP contribution in [0.1, 0.15) is 61.8 Å². The van der Waals surface area contributed by atoms with Crippen molar-refractivity contribution in [3.05, 3.63) is 0 Å². The van der Waals surface area contributed by atoms with Crippen LogP contribution in [0.5, 0.6) is 0 Å². The van der Waals surface area contributed by atoms with Gasteiger partial charge in [-0.15, -0.1) is 0 Å². The van der Waals surface area contributed by atoms with E-state index >= 15 is 0 Å². The molecule has 0 saturated heterocycles. The summed E-state index contributed by atoms with van der Waals surface area (Å²) < 4.78 is 0. The monoisotopic (exact) mass is 193 g/mol.